The van der Waals surface area contributed by atoms with Gasteiger partial charge < -0.3 is 14.8 Å². The Morgan fingerprint density at radius 3 is 2.96 bits per heavy atom. The van der Waals surface area contributed by atoms with E-state index in [1.54, 1.807) is 0 Å². The molecule has 3 heterocycles. The molecule has 1 aromatic rings. The number of allylic oxidation sites excluding steroid dienone is 2. The smallest absolute Gasteiger partial charge is 0.311 e. The standard InChI is InChI=1S/C21H28N2O3/c1-26-21(25)19-15-10-17-20-14(13-4-2-3-5-16(13)22-20)8-9-23(17)11-12(15)6-7-18(19)24/h2-3,12,15,17-19,22,24H,4-11H2,1H3/t12-,15-,17-,18-,19+/m0/s1. The summed E-state index contributed by atoms with van der Waals surface area (Å²) in [5, 5.41) is 10.5. The molecule has 5 rings (SSSR count). The minimum absolute atomic E-state index is 0.219. The Kier molecular flexibility index (Phi) is 3.98. The summed E-state index contributed by atoms with van der Waals surface area (Å²) < 4.78 is 5.05. The molecule has 0 amide bonds. The molecule has 0 radical (unpaired) electrons. The lowest BCUT2D eigenvalue weighted by molar-refractivity contribution is -0.160. The van der Waals surface area contributed by atoms with Crippen LogP contribution in [-0.4, -0.2) is 47.3 Å². The van der Waals surface area contributed by atoms with Crippen molar-refractivity contribution < 1.29 is 14.6 Å². The second-order valence-corrected chi connectivity index (χ2v) is 8.47. The van der Waals surface area contributed by atoms with Crippen LogP contribution in [0, 0.1) is 17.8 Å². The lowest BCUT2D eigenvalue weighted by Crippen LogP contribution is -2.53. The molecule has 5 nitrogen and oxygen atoms in total. The van der Waals surface area contributed by atoms with Crippen molar-refractivity contribution in [2.75, 3.05) is 20.2 Å². The van der Waals surface area contributed by atoms with Crippen molar-refractivity contribution in [3.05, 3.63) is 34.7 Å². The fourth-order valence-corrected chi connectivity index (χ4v) is 6.08. The molecular weight excluding hydrogens is 328 g/mol. The fourth-order valence-electron chi connectivity index (χ4n) is 6.08. The van der Waals surface area contributed by atoms with Crippen LogP contribution < -0.4 is 0 Å². The number of rotatable bonds is 1. The Balaban J connectivity index is 1.48. The maximum atomic E-state index is 12.4. The van der Waals surface area contributed by atoms with Crippen molar-refractivity contribution in [1.29, 1.82) is 0 Å². The number of esters is 1. The van der Waals surface area contributed by atoms with Gasteiger partial charge in [0.05, 0.1) is 25.2 Å². The van der Waals surface area contributed by atoms with Crippen molar-refractivity contribution >= 4 is 5.97 Å². The molecule has 2 N–H and O–H groups in total. The van der Waals surface area contributed by atoms with E-state index in [4.69, 9.17) is 4.74 Å². The largest absolute Gasteiger partial charge is 0.469 e. The third-order valence-electron chi connectivity index (χ3n) is 7.33. The zero-order valence-electron chi connectivity index (χ0n) is 15.4. The Hall–Kier alpha value is -1.59. The number of aliphatic hydroxyl groups excluding tert-OH is 1. The first-order valence-corrected chi connectivity index (χ1v) is 10.0. The van der Waals surface area contributed by atoms with E-state index >= 15 is 0 Å². The number of aliphatic hydroxyl groups is 1. The van der Waals surface area contributed by atoms with Gasteiger partial charge in [0.2, 0.25) is 0 Å². The lowest BCUT2D eigenvalue weighted by atomic mass is 9.65. The van der Waals surface area contributed by atoms with Crippen LogP contribution in [0.25, 0.3) is 0 Å². The van der Waals surface area contributed by atoms with E-state index in [9.17, 15) is 9.90 Å². The summed E-state index contributed by atoms with van der Waals surface area (Å²) in [6, 6.07) is 0.350. The van der Waals surface area contributed by atoms with Crippen LogP contribution in [0.5, 0.6) is 0 Å². The fraction of sp³-hybridized carbons (Fsp3) is 0.667. The number of hydrogen-bond acceptors (Lipinski definition) is 4. The molecule has 0 spiro atoms. The summed E-state index contributed by atoms with van der Waals surface area (Å²) in [5.74, 6) is 0.118. The first-order chi connectivity index (χ1) is 12.7. The van der Waals surface area contributed by atoms with Gasteiger partial charge in [-0.15, -0.1) is 0 Å². The molecule has 4 aliphatic rings. The monoisotopic (exact) mass is 356 g/mol. The third kappa shape index (κ3) is 2.40. The quantitative estimate of drug-likeness (QED) is 0.598. The van der Waals surface area contributed by atoms with E-state index < -0.39 is 6.10 Å². The van der Waals surface area contributed by atoms with Crippen LogP contribution in [0.3, 0.4) is 0 Å². The highest BCUT2D eigenvalue weighted by atomic mass is 16.5. The summed E-state index contributed by atoms with van der Waals surface area (Å²) >= 11 is 0. The summed E-state index contributed by atoms with van der Waals surface area (Å²) in [7, 11) is 1.44. The topological polar surface area (TPSA) is 65.6 Å². The zero-order valence-corrected chi connectivity index (χ0v) is 15.4. The van der Waals surface area contributed by atoms with E-state index in [2.05, 4.69) is 22.0 Å². The molecule has 2 aliphatic carbocycles. The minimum atomic E-state index is -0.556. The normalized spacial score (nSPS) is 35.8. The molecule has 5 atom stereocenters. The summed E-state index contributed by atoms with van der Waals surface area (Å²) in [6.45, 7) is 2.15. The number of aromatic amines is 1. The number of ether oxygens (including phenoxy) is 1. The van der Waals surface area contributed by atoms with Crippen LogP contribution in [0.2, 0.25) is 0 Å². The molecule has 2 aliphatic heterocycles. The molecular formula is C21H28N2O3. The van der Waals surface area contributed by atoms with Gasteiger partial charge in [-0.05, 0) is 55.1 Å². The van der Waals surface area contributed by atoms with Crippen LogP contribution in [0.15, 0.2) is 12.2 Å². The Labute approximate surface area is 154 Å². The van der Waals surface area contributed by atoms with Crippen molar-refractivity contribution in [2.24, 2.45) is 17.8 Å². The van der Waals surface area contributed by atoms with Crippen molar-refractivity contribution in [3.63, 3.8) is 0 Å². The van der Waals surface area contributed by atoms with E-state index in [1.807, 2.05) is 0 Å². The van der Waals surface area contributed by atoms with Gasteiger partial charge >= 0.3 is 5.97 Å². The van der Waals surface area contributed by atoms with E-state index in [1.165, 1.54) is 29.6 Å². The number of methoxy groups -OCH3 is 1. The third-order valence-corrected chi connectivity index (χ3v) is 7.33. The number of hydrogen-bond donors (Lipinski definition) is 2. The second kappa shape index (κ2) is 6.24. The molecule has 2 fully saturated rings. The SMILES string of the molecule is COC(=O)[C@@H]1[C@H]2C[C@H]3c4[nH]c5c(c4CCN3C[C@@H]2CC[C@@H]1O)CC=CC5. The molecule has 1 saturated heterocycles. The number of fused-ring (bicyclic) bond motifs is 6. The molecule has 5 heteroatoms. The van der Waals surface area contributed by atoms with Gasteiger partial charge in [0.15, 0.2) is 0 Å². The average molecular weight is 356 g/mol. The lowest BCUT2D eigenvalue weighted by Gasteiger charge is -2.51. The number of carbonyl (C=O) groups excluding carboxylic acids is 1. The van der Waals surface area contributed by atoms with Crippen LogP contribution in [0.4, 0.5) is 0 Å². The number of H-pyrrole nitrogens is 1. The molecule has 0 unspecified atom stereocenters. The highest BCUT2D eigenvalue weighted by molar-refractivity contribution is 5.73. The van der Waals surface area contributed by atoms with Crippen molar-refractivity contribution in [3.8, 4) is 0 Å². The number of aromatic nitrogens is 1. The van der Waals surface area contributed by atoms with Gasteiger partial charge in [0.25, 0.3) is 0 Å². The van der Waals surface area contributed by atoms with Crippen molar-refractivity contribution in [1.82, 2.24) is 9.88 Å². The van der Waals surface area contributed by atoms with E-state index in [0.717, 1.165) is 45.2 Å². The number of nitrogens with one attached hydrogen (secondary N) is 1. The van der Waals surface area contributed by atoms with Crippen LogP contribution in [-0.2, 0) is 28.8 Å². The first-order valence-electron chi connectivity index (χ1n) is 10.0. The maximum Gasteiger partial charge on any atom is 0.311 e. The predicted molar refractivity (Wildman–Crippen MR) is 97.7 cm³/mol. The summed E-state index contributed by atoms with van der Waals surface area (Å²) in [5.41, 5.74) is 5.80. The molecule has 140 valence electrons. The minimum Gasteiger partial charge on any atom is -0.469 e. The molecule has 1 aromatic heterocycles. The number of nitrogens with zero attached hydrogens (tertiary/aromatic N) is 1. The molecule has 26 heavy (non-hydrogen) atoms. The van der Waals surface area contributed by atoms with Gasteiger partial charge in [-0.1, -0.05) is 12.2 Å². The summed E-state index contributed by atoms with van der Waals surface area (Å²) in [6.07, 6.45) is 9.84. The van der Waals surface area contributed by atoms with Crippen molar-refractivity contribution in [2.45, 2.75) is 50.7 Å². The Bertz CT molecular complexity index is 753. The highest BCUT2D eigenvalue weighted by Gasteiger charge is 2.49. The first kappa shape index (κ1) is 16.6. The van der Waals surface area contributed by atoms with E-state index in [-0.39, 0.29) is 17.8 Å². The zero-order chi connectivity index (χ0) is 17.8. The Morgan fingerprint density at radius 2 is 2.12 bits per heavy atom. The van der Waals surface area contributed by atoms with Gasteiger partial charge in [-0.3, -0.25) is 9.69 Å². The predicted octanol–water partition coefficient (Wildman–Crippen LogP) is 2.15. The Morgan fingerprint density at radius 1 is 1.27 bits per heavy atom. The molecule has 0 bridgehead atoms. The van der Waals surface area contributed by atoms with Crippen LogP contribution in [0.1, 0.15) is 47.8 Å². The maximum absolute atomic E-state index is 12.4. The average Bonchev–Trinajstić information content (AvgIpc) is 3.05. The molecule has 1 saturated carbocycles. The number of carbonyl (C=O) groups is 1. The van der Waals surface area contributed by atoms with Gasteiger partial charge in [-0.2, -0.15) is 0 Å². The van der Waals surface area contributed by atoms with Gasteiger partial charge in [0.1, 0.15) is 0 Å². The molecule has 0 aromatic carbocycles. The summed E-state index contributed by atoms with van der Waals surface area (Å²) in [4.78, 5) is 18.7. The van der Waals surface area contributed by atoms with Gasteiger partial charge in [-0.25, -0.2) is 0 Å². The van der Waals surface area contributed by atoms with E-state index in [0.29, 0.717) is 18.4 Å². The highest BCUT2D eigenvalue weighted by Crippen LogP contribution is 2.49. The second-order valence-electron chi connectivity index (χ2n) is 8.47. The van der Waals surface area contributed by atoms with Crippen LogP contribution >= 0.6 is 0 Å². The van der Waals surface area contributed by atoms with Gasteiger partial charge in [0, 0.05) is 30.9 Å². The number of piperidine rings is 1.